The quantitative estimate of drug-likeness (QED) is 0.728. The van der Waals surface area contributed by atoms with Crippen LogP contribution in [-0.4, -0.2) is 31.9 Å². The number of hydrogen-bond acceptors (Lipinski definition) is 5. The second kappa shape index (κ2) is 7.30. The standard InChI is InChI=1S/C20H20N4O4/c1-13-10-24(20(27)22-19(13)26)12-18(25)23-8-7-16-15(11-23)21-17(28-16)9-14-5-3-2-4-6-14/h2-6,10H,7-9,11-12H2,1H3,(H,22,26,27). The van der Waals surface area contributed by atoms with Gasteiger partial charge in [0, 0.05) is 31.1 Å². The van der Waals surface area contributed by atoms with Gasteiger partial charge in [-0.2, -0.15) is 0 Å². The average molecular weight is 380 g/mol. The van der Waals surface area contributed by atoms with Gasteiger partial charge in [0.1, 0.15) is 18.0 Å². The van der Waals surface area contributed by atoms with E-state index < -0.39 is 11.2 Å². The average Bonchev–Trinajstić information content (AvgIpc) is 3.08. The summed E-state index contributed by atoms with van der Waals surface area (Å²) < 4.78 is 7.08. The Labute approximate surface area is 160 Å². The van der Waals surface area contributed by atoms with Crippen molar-refractivity contribution in [3.8, 4) is 0 Å². The Balaban J connectivity index is 1.46. The Morgan fingerprint density at radius 3 is 2.82 bits per heavy atom. The van der Waals surface area contributed by atoms with Crippen molar-refractivity contribution in [2.45, 2.75) is 32.9 Å². The lowest BCUT2D eigenvalue weighted by atomic mass is 10.1. The van der Waals surface area contributed by atoms with Crippen molar-refractivity contribution in [2.24, 2.45) is 0 Å². The summed E-state index contributed by atoms with van der Waals surface area (Å²) in [7, 11) is 0. The van der Waals surface area contributed by atoms with Crippen molar-refractivity contribution in [1.82, 2.24) is 19.4 Å². The molecule has 0 bridgehead atoms. The van der Waals surface area contributed by atoms with E-state index in [-0.39, 0.29) is 12.5 Å². The zero-order chi connectivity index (χ0) is 19.7. The first-order valence-corrected chi connectivity index (χ1v) is 9.09. The van der Waals surface area contributed by atoms with Gasteiger partial charge >= 0.3 is 5.69 Å². The second-order valence-corrected chi connectivity index (χ2v) is 6.90. The molecule has 1 aromatic carbocycles. The molecule has 0 unspecified atom stereocenters. The molecule has 0 fully saturated rings. The van der Waals surface area contributed by atoms with Gasteiger partial charge in [0.15, 0.2) is 5.89 Å². The molecule has 8 nitrogen and oxygen atoms in total. The summed E-state index contributed by atoms with van der Waals surface area (Å²) in [6.07, 6.45) is 2.60. The lowest BCUT2D eigenvalue weighted by Crippen LogP contribution is -2.41. The topological polar surface area (TPSA) is 101 Å². The predicted octanol–water partition coefficient (Wildman–Crippen LogP) is 1.01. The van der Waals surface area contributed by atoms with E-state index in [9.17, 15) is 14.4 Å². The van der Waals surface area contributed by atoms with Crippen LogP contribution in [0.3, 0.4) is 0 Å². The highest BCUT2D eigenvalue weighted by Gasteiger charge is 2.25. The van der Waals surface area contributed by atoms with Crippen LogP contribution in [0.4, 0.5) is 0 Å². The number of oxazole rings is 1. The number of fused-ring (bicyclic) bond motifs is 1. The van der Waals surface area contributed by atoms with Gasteiger partial charge in [-0.3, -0.25) is 19.1 Å². The molecule has 3 aromatic rings. The Hall–Kier alpha value is -3.42. The Morgan fingerprint density at radius 1 is 1.25 bits per heavy atom. The lowest BCUT2D eigenvalue weighted by Gasteiger charge is -2.25. The minimum absolute atomic E-state index is 0.124. The largest absolute Gasteiger partial charge is 0.445 e. The van der Waals surface area contributed by atoms with Crippen molar-refractivity contribution < 1.29 is 9.21 Å². The van der Waals surface area contributed by atoms with Gasteiger partial charge in [-0.05, 0) is 12.5 Å². The maximum Gasteiger partial charge on any atom is 0.328 e. The third-order valence-electron chi connectivity index (χ3n) is 4.82. The SMILES string of the molecule is Cc1cn(CC(=O)N2CCc3oc(Cc4ccccc4)nc3C2)c(=O)[nH]c1=O. The maximum absolute atomic E-state index is 12.6. The van der Waals surface area contributed by atoms with Crippen LogP contribution in [0.15, 0.2) is 50.5 Å². The number of aromatic nitrogens is 3. The monoisotopic (exact) mass is 380 g/mol. The van der Waals surface area contributed by atoms with E-state index in [0.29, 0.717) is 37.4 Å². The highest BCUT2D eigenvalue weighted by atomic mass is 16.4. The van der Waals surface area contributed by atoms with Crippen LogP contribution in [-0.2, 0) is 30.7 Å². The number of carbonyl (C=O) groups is 1. The molecule has 3 heterocycles. The highest BCUT2D eigenvalue weighted by Crippen LogP contribution is 2.21. The molecule has 0 atom stereocenters. The number of nitrogens with one attached hydrogen (secondary N) is 1. The summed E-state index contributed by atoms with van der Waals surface area (Å²) in [5.74, 6) is 1.25. The van der Waals surface area contributed by atoms with Gasteiger partial charge < -0.3 is 9.32 Å². The smallest absolute Gasteiger partial charge is 0.328 e. The zero-order valence-corrected chi connectivity index (χ0v) is 15.5. The molecular weight excluding hydrogens is 360 g/mol. The predicted molar refractivity (Wildman–Crippen MR) is 101 cm³/mol. The van der Waals surface area contributed by atoms with Crippen molar-refractivity contribution in [2.75, 3.05) is 6.54 Å². The second-order valence-electron chi connectivity index (χ2n) is 6.90. The van der Waals surface area contributed by atoms with Gasteiger partial charge in [0.05, 0.1) is 6.54 Å². The van der Waals surface area contributed by atoms with Gasteiger partial charge in [0.25, 0.3) is 5.56 Å². The summed E-state index contributed by atoms with van der Waals surface area (Å²) in [4.78, 5) is 44.4. The summed E-state index contributed by atoms with van der Waals surface area (Å²) in [5.41, 5.74) is 1.23. The first-order valence-electron chi connectivity index (χ1n) is 9.09. The molecule has 0 aliphatic carbocycles. The number of rotatable bonds is 4. The van der Waals surface area contributed by atoms with Crippen LogP contribution in [0.1, 0.15) is 28.5 Å². The van der Waals surface area contributed by atoms with E-state index in [0.717, 1.165) is 17.0 Å². The van der Waals surface area contributed by atoms with E-state index in [1.807, 2.05) is 30.3 Å². The summed E-state index contributed by atoms with van der Waals surface area (Å²) in [6, 6.07) is 9.94. The molecule has 2 aromatic heterocycles. The molecule has 0 saturated carbocycles. The van der Waals surface area contributed by atoms with Gasteiger partial charge in [0.2, 0.25) is 5.91 Å². The molecule has 144 valence electrons. The number of hydrogen-bond donors (Lipinski definition) is 1. The number of nitrogens with zero attached hydrogens (tertiary/aromatic N) is 3. The van der Waals surface area contributed by atoms with Gasteiger partial charge in [-0.1, -0.05) is 30.3 Å². The molecule has 1 N–H and O–H groups in total. The van der Waals surface area contributed by atoms with Crippen LogP contribution < -0.4 is 11.2 Å². The zero-order valence-electron chi connectivity index (χ0n) is 15.5. The van der Waals surface area contributed by atoms with Crippen LogP contribution >= 0.6 is 0 Å². The van der Waals surface area contributed by atoms with Crippen LogP contribution in [0.2, 0.25) is 0 Å². The molecule has 1 amide bonds. The molecule has 8 heteroatoms. The lowest BCUT2D eigenvalue weighted by molar-refractivity contribution is -0.133. The molecular formula is C20H20N4O4. The van der Waals surface area contributed by atoms with Crippen LogP contribution in [0, 0.1) is 6.92 Å². The van der Waals surface area contributed by atoms with E-state index in [2.05, 4.69) is 9.97 Å². The van der Waals surface area contributed by atoms with Crippen molar-refractivity contribution in [1.29, 1.82) is 0 Å². The Morgan fingerprint density at radius 2 is 2.04 bits per heavy atom. The number of carbonyl (C=O) groups excluding carboxylic acids is 1. The molecule has 1 aliphatic rings. The minimum Gasteiger partial charge on any atom is -0.445 e. The summed E-state index contributed by atoms with van der Waals surface area (Å²) >= 11 is 0. The van der Waals surface area contributed by atoms with Crippen molar-refractivity contribution in [3.63, 3.8) is 0 Å². The van der Waals surface area contributed by atoms with Crippen LogP contribution in [0.25, 0.3) is 0 Å². The third kappa shape index (κ3) is 3.66. The summed E-state index contributed by atoms with van der Waals surface area (Å²) in [5, 5.41) is 0. The fraction of sp³-hybridized carbons (Fsp3) is 0.300. The molecule has 0 radical (unpaired) electrons. The van der Waals surface area contributed by atoms with E-state index in [1.165, 1.54) is 10.8 Å². The molecule has 4 rings (SSSR count). The maximum atomic E-state index is 12.6. The Bertz CT molecular complexity index is 1130. The first-order chi connectivity index (χ1) is 13.5. The van der Waals surface area contributed by atoms with Crippen molar-refractivity contribution in [3.05, 3.63) is 85.8 Å². The number of aryl methyl sites for hydroxylation is 1. The van der Waals surface area contributed by atoms with Crippen LogP contribution in [0.5, 0.6) is 0 Å². The van der Waals surface area contributed by atoms with E-state index in [1.54, 1.807) is 11.8 Å². The Kier molecular flexibility index (Phi) is 4.68. The fourth-order valence-electron chi connectivity index (χ4n) is 3.29. The van der Waals surface area contributed by atoms with Crippen molar-refractivity contribution >= 4 is 5.91 Å². The highest BCUT2D eigenvalue weighted by molar-refractivity contribution is 5.76. The molecule has 28 heavy (non-hydrogen) atoms. The molecule has 1 aliphatic heterocycles. The summed E-state index contributed by atoms with van der Waals surface area (Å²) in [6.45, 7) is 2.32. The van der Waals surface area contributed by atoms with E-state index >= 15 is 0 Å². The normalized spacial score (nSPS) is 13.4. The number of H-pyrrole nitrogens is 1. The van der Waals surface area contributed by atoms with E-state index in [4.69, 9.17) is 4.42 Å². The molecule has 0 saturated heterocycles. The molecule has 0 spiro atoms. The first kappa shape index (κ1) is 18.0. The number of benzene rings is 1. The van der Waals surface area contributed by atoms with Gasteiger partial charge in [-0.15, -0.1) is 0 Å². The third-order valence-corrected chi connectivity index (χ3v) is 4.82. The van der Waals surface area contributed by atoms with Gasteiger partial charge in [-0.25, -0.2) is 9.78 Å². The number of aromatic amines is 1. The fourth-order valence-corrected chi connectivity index (χ4v) is 3.29. The minimum atomic E-state index is -0.590. The number of amides is 1.